The van der Waals surface area contributed by atoms with Crippen molar-refractivity contribution in [2.45, 2.75) is 39.3 Å². The van der Waals surface area contributed by atoms with Gasteiger partial charge in [0.1, 0.15) is 10.9 Å². The molecule has 6 nitrogen and oxygen atoms in total. The summed E-state index contributed by atoms with van der Waals surface area (Å²) in [5, 5.41) is 0.983. The van der Waals surface area contributed by atoms with Crippen molar-refractivity contribution in [1.82, 2.24) is 14.4 Å². The maximum Gasteiger partial charge on any atom is 0.266 e. The molecule has 0 unspecified atom stereocenters. The van der Waals surface area contributed by atoms with Crippen LogP contribution in [0.1, 0.15) is 32.3 Å². The van der Waals surface area contributed by atoms with Crippen LogP contribution >= 0.6 is 39.9 Å². The van der Waals surface area contributed by atoms with E-state index in [1.807, 2.05) is 53.8 Å². The van der Waals surface area contributed by atoms with Crippen molar-refractivity contribution in [3.63, 3.8) is 0 Å². The first-order valence-corrected chi connectivity index (χ1v) is 12.9. The predicted molar refractivity (Wildman–Crippen MR) is 136 cm³/mol. The Kier molecular flexibility index (Phi) is 7.39. The molecule has 2 aliphatic rings. The number of fused-ring (bicyclic) bond motifs is 1. The van der Waals surface area contributed by atoms with Crippen molar-refractivity contribution in [1.29, 1.82) is 0 Å². The Hall–Kier alpha value is -1.68. The molecule has 0 saturated carbocycles. The maximum absolute atomic E-state index is 13.1. The summed E-state index contributed by atoms with van der Waals surface area (Å²) in [5.41, 5.74) is 1.85. The average molecular weight is 537 g/mol. The van der Waals surface area contributed by atoms with Crippen LogP contribution in [-0.4, -0.2) is 62.8 Å². The normalized spacial score (nSPS) is 20.2. The van der Waals surface area contributed by atoms with Gasteiger partial charge in [-0.1, -0.05) is 39.9 Å². The number of hydrogen-bond acceptors (Lipinski definition) is 5. The molecule has 2 aromatic rings. The van der Waals surface area contributed by atoms with Crippen LogP contribution < -0.4 is 0 Å². The van der Waals surface area contributed by atoms with E-state index in [0.717, 1.165) is 40.4 Å². The van der Waals surface area contributed by atoms with Gasteiger partial charge in [-0.3, -0.25) is 14.5 Å². The molecule has 1 aromatic heterocycles. The molecule has 4 rings (SSSR count). The summed E-state index contributed by atoms with van der Waals surface area (Å²) < 4.78 is 9.16. The van der Waals surface area contributed by atoms with E-state index in [2.05, 4.69) is 15.9 Å². The average Bonchev–Trinajstić information content (AvgIpc) is 3.46. The zero-order valence-corrected chi connectivity index (χ0v) is 21.4. The lowest BCUT2D eigenvalue weighted by Gasteiger charge is -2.19. The van der Waals surface area contributed by atoms with E-state index in [1.165, 1.54) is 11.8 Å². The topological polar surface area (TPSA) is 54.8 Å². The molecule has 2 aliphatic heterocycles. The first kappa shape index (κ1) is 23.5. The Morgan fingerprint density at radius 3 is 2.84 bits per heavy atom. The summed E-state index contributed by atoms with van der Waals surface area (Å²) in [7, 11) is 0. The second-order valence-electron chi connectivity index (χ2n) is 7.87. The smallest absolute Gasteiger partial charge is 0.266 e. The van der Waals surface area contributed by atoms with E-state index in [0.29, 0.717) is 28.9 Å². The number of aromatic nitrogens is 1. The second-order valence-corrected chi connectivity index (χ2v) is 10.5. The van der Waals surface area contributed by atoms with E-state index in [4.69, 9.17) is 17.0 Å². The fraction of sp³-hybridized carbons (Fsp3) is 0.435. The third kappa shape index (κ3) is 4.81. The van der Waals surface area contributed by atoms with Crippen molar-refractivity contribution in [3.8, 4) is 0 Å². The summed E-state index contributed by atoms with van der Waals surface area (Å²) >= 11 is 10.4. The van der Waals surface area contributed by atoms with Gasteiger partial charge in [-0.05, 0) is 51.0 Å². The molecule has 2 fully saturated rings. The van der Waals surface area contributed by atoms with Crippen LogP contribution in [0.4, 0.5) is 0 Å². The minimum atomic E-state index is -0.0781. The monoisotopic (exact) mass is 535 g/mol. The highest BCUT2D eigenvalue weighted by Gasteiger charge is 2.34. The number of benzene rings is 1. The third-order valence-corrected chi connectivity index (χ3v) is 7.74. The Morgan fingerprint density at radius 1 is 1.38 bits per heavy atom. The van der Waals surface area contributed by atoms with Gasteiger partial charge in [0.15, 0.2) is 0 Å². The molecule has 32 heavy (non-hydrogen) atoms. The van der Waals surface area contributed by atoms with Crippen molar-refractivity contribution >= 4 is 73.0 Å². The Balaban J connectivity index is 1.64. The van der Waals surface area contributed by atoms with Gasteiger partial charge in [-0.2, -0.15) is 0 Å². The van der Waals surface area contributed by atoms with Crippen LogP contribution in [0, 0.1) is 0 Å². The number of halogens is 1. The van der Waals surface area contributed by atoms with Gasteiger partial charge in [0, 0.05) is 46.8 Å². The highest BCUT2D eigenvalue weighted by molar-refractivity contribution is 9.10. The highest BCUT2D eigenvalue weighted by atomic mass is 79.9. The number of thiocarbonyl (C=S) groups is 1. The molecule has 1 atom stereocenters. The summed E-state index contributed by atoms with van der Waals surface area (Å²) in [5.74, 6) is -0.00475. The van der Waals surface area contributed by atoms with E-state index in [1.54, 1.807) is 4.90 Å². The van der Waals surface area contributed by atoms with E-state index in [9.17, 15) is 9.59 Å². The molecule has 1 aromatic carbocycles. The molecule has 2 amide bonds. The van der Waals surface area contributed by atoms with Crippen LogP contribution in [0.2, 0.25) is 0 Å². The summed E-state index contributed by atoms with van der Waals surface area (Å²) in [6, 6.07) is 5.98. The second kappa shape index (κ2) is 10.1. The summed E-state index contributed by atoms with van der Waals surface area (Å²) in [6.45, 7) is 6.84. The molecular formula is C23H26BrN3O3S2. The number of thioether (sulfide) groups is 1. The maximum atomic E-state index is 13.1. The van der Waals surface area contributed by atoms with Gasteiger partial charge in [-0.25, -0.2) is 0 Å². The molecule has 170 valence electrons. The lowest BCUT2D eigenvalue weighted by Crippen LogP contribution is -2.35. The molecule has 0 bridgehead atoms. The summed E-state index contributed by atoms with van der Waals surface area (Å²) in [6.07, 6.45) is 5.88. The lowest BCUT2D eigenvalue weighted by molar-refractivity contribution is -0.131. The summed E-state index contributed by atoms with van der Waals surface area (Å²) in [4.78, 5) is 29.9. The van der Waals surface area contributed by atoms with E-state index in [-0.39, 0.29) is 24.5 Å². The number of carbonyl (C=O) groups excluding carboxylic acids is 2. The van der Waals surface area contributed by atoms with Crippen molar-refractivity contribution < 1.29 is 14.3 Å². The lowest BCUT2D eigenvalue weighted by atomic mass is 10.1. The standard InChI is InChI=1S/C23H26BrN3O3S2/c1-3-25(4-2)21(28)14-26-12-15(18-11-16(24)7-8-19(18)26)10-20-22(29)27(23(31)32-20)13-17-6-5-9-30-17/h7-8,10-12,17H,3-6,9,13-14H2,1-2H3/b20-10-/t17-/m1/s1. The molecule has 0 aliphatic carbocycles. The number of carbonyl (C=O) groups is 2. The van der Waals surface area contributed by atoms with Gasteiger partial charge in [0.05, 0.1) is 17.6 Å². The van der Waals surface area contributed by atoms with Gasteiger partial charge in [0.2, 0.25) is 5.91 Å². The van der Waals surface area contributed by atoms with Crippen LogP contribution in [-0.2, 0) is 20.9 Å². The molecule has 3 heterocycles. The molecule has 9 heteroatoms. The Labute approximate surface area is 206 Å². The Morgan fingerprint density at radius 2 is 2.16 bits per heavy atom. The van der Waals surface area contributed by atoms with Gasteiger partial charge < -0.3 is 14.2 Å². The number of ether oxygens (including phenoxy) is 1. The molecule has 0 N–H and O–H groups in total. The van der Waals surface area contributed by atoms with Gasteiger partial charge in [0.25, 0.3) is 5.91 Å². The minimum Gasteiger partial charge on any atom is -0.376 e. The van der Waals surface area contributed by atoms with Crippen LogP contribution in [0.15, 0.2) is 33.8 Å². The fourth-order valence-electron chi connectivity index (χ4n) is 4.16. The first-order valence-electron chi connectivity index (χ1n) is 10.8. The quantitative estimate of drug-likeness (QED) is 0.381. The molecule has 0 spiro atoms. The number of likely N-dealkylation sites (N-methyl/N-ethyl adjacent to an activating group) is 1. The zero-order valence-electron chi connectivity index (χ0n) is 18.2. The van der Waals surface area contributed by atoms with Crippen molar-refractivity contribution in [3.05, 3.63) is 39.3 Å². The van der Waals surface area contributed by atoms with Crippen LogP contribution in [0.25, 0.3) is 17.0 Å². The molecular weight excluding hydrogens is 510 g/mol. The number of amides is 2. The largest absolute Gasteiger partial charge is 0.376 e. The van der Waals surface area contributed by atoms with Gasteiger partial charge in [-0.15, -0.1) is 0 Å². The Bertz CT molecular complexity index is 1090. The number of hydrogen-bond donors (Lipinski definition) is 0. The van der Waals surface area contributed by atoms with Crippen molar-refractivity contribution in [2.24, 2.45) is 0 Å². The van der Waals surface area contributed by atoms with Gasteiger partial charge >= 0.3 is 0 Å². The van der Waals surface area contributed by atoms with E-state index >= 15 is 0 Å². The highest BCUT2D eigenvalue weighted by Crippen LogP contribution is 2.35. The SMILES string of the molecule is CCN(CC)C(=O)Cn1cc(/C=C2\SC(=S)N(C[C@H]3CCCO3)C2=O)c2cc(Br)ccc21. The van der Waals surface area contributed by atoms with Crippen LogP contribution in [0.3, 0.4) is 0 Å². The predicted octanol–water partition coefficient (Wildman–Crippen LogP) is 4.65. The number of nitrogens with zero attached hydrogens (tertiary/aromatic N) is 3. The molecule has 2 saturated heterocycles. The van der Waals surface area contributed by atoms with E-state index < -0.39 is 0 Å². The third-order valence-electron chi connectivity index (χ3n) is 5.87. The molecule has 0 radical (unpaired) electrons. The fourth-order valence-corrected chi connectivity index (χ4v) is 5.78. The first-order chi connectivity index (χ1) is 15.4. The van der Waals surface area contributed by atoms with Crippen molar-refractivity contribution in [2.75, 3.05) is 26.2 Å². The number of rotatable bonds is 7. The minimum absolute atomic E-state index is 0.0563. The zero-order chi connectivity index (χ0) is 22.8. The van der Waals surface area contributed by atoms with Crippen LogP contribution in [0.5, 0.6) is 0 Å².